The van der Waals surface area contributed by atoms with Gasteiger partial charge in [0.15, 0.2) is 0 Å². The average molecular weight is 347 g/mol. The number of aromatic nitrogens is 3. The van der Waals surface area contributed by atoms with E-state index in [0.29, 0.717) is 6.54 Å². The van der Waals surface area contributed by atoms with Crippen LogP contribution in [0.2, 0.25) is 0 Å². The summed E-state index contributed by atoms with van der Waals surface area (Å²) >= 11 is 1.88. The quantitative estimate of drug-likeness (QED) is 0.839. The van der Waals surface area contributed by atoms with Crippen molar-refractivity contribution in [2.75, 3.05) is 5.32 Å². The first-order valence-electron chi connectivity index (χ1n) is 7.95. The fraction of sp³-hybridized carbons (Fsp3) is 0.471. The van der Waals surface area contributed by atoms with E-state index in [1.54, 1.807) is 11.0 Å². The zero-order valence-corrected chi connectivity index (χ0v) is 15.4. The SMILES string of the molecule is CC(Cn1cncn1)NC(=O)Nc1cccc(CSC(C)(C)C)c1. The lowest BCUT2D eigenvalue weighted by atomic mass is 10.2. The summed E-state index contributed by atoms with van der Waals surface area (Å²) in [6, 6.07) is 7.68. The number of amides is 2. The molecule has 1 atom stereocenters. The largest absolute Gasteiger partial charge is 0.334 e. The molecule has 0 bridgehead atoms. The molecule has 1 unspecified atom stereocenters. The van der Waals surface area contributed by atoms with Crippen LogP contribution in [-0.2, 0) is 12.3 Å². The van der Waals surface area contributed by atoms with Gasteiger partial charge in [-0.2, -0.15) is 16.9 Å². The molecule has 0 aliphatic carbocycles. The Hall–Kier alpha value is -2.02. The van der Waals surface area contributed by atoms with E-state index in [1.807, 2.05) is 36.9 Å². The molecule has 6 nitrogen and oxygen atoms in total. The summed E-state index contributed by atoms with van der Waals surface area (Å²) in [5, 5.41) is 9.81. The van der Waals surface area contributed by atoms with E-state index in [0.717, 1.165) is 11.4 Å². The van der Waals surface area contributed by atoms with Gasteiger partial charge in [-0.05, 0) is 24.6 Å². The fourth-order valence-electron chi connectivity index (χ4n) is 2.08. The summed E-state index contributed by atoms with van der Waals surface area (Å²) in [7, 11) is 0. The van der Waals surface area contributed by atoms with Crippen molar-refractivity contribution >= 4 is 23.5 Å². The van der Waals surface area contributed by atoms with Gasteiger partial charge in [-0.3, -0.25) is 4.68 Å². The predicted molar refractivity (Wildman–Crippen MR) is 99.1 cm³/mol. The summed E-state index contributed by atoms with van der Waals surface area (Å²) in [4.78, 5) is 16.0. The maximum absolute atomic E-state index is 12.1. The minimum absolute atomic E-state index is 0.0497. The van der Waals surface area contributed by atoms with Gasteiger partial charge in [-0.1, -0.05) is 32.9 Å². The number of thioether (sulfide) groups is 1. The Morgan fingerprint density at radius 1 is 1.38 bits per heavy atom. The van der Waals surface area contributed by atoms with Crippen LogP contribution in [0.15, 0.2) is 36.9 Å². The molecule has 0 aliphatic heterocycles. The van der Waals surface area contributed by atoms with Crippen LogP contribution in [-0.4, -0.2) is 31.6 Å². The van der Waals surface area contributed by atoms with Gasteiger partial charge in [-0.15, -0.1) is 0 Å². The first kappa shape index (κ1) is 18.3. The van der Waals surface area contributed by atoms with Crippen LogP contribution in [0.3, 0.4) is 0 Å². The number of hydrogen-bond donors (Lipinski definition) is 2. The molecule has 1 aromatic heterocycles. The molecule has 0 radical (unpaired) electrons. The highest BCUT2D eigenvalue weighted by Gasteiger charge is 2.11. The van der Waals surface area contributed by atoms with E-state index in [-0.39, 0.29) is 16.8 Å². The van der Waals surface area contributed by atoms with Gasteiger partial charge in [0.25, 0.3) is 0 Å². The highest BCUT2D eigenvalue weighted by molar-refractivity contribution is 7.99. The number of rotatable bonds is 6. The average Bonchev–Trinajstić information content (AvgIpc) is 2.97. The molecule has 0 spiro atoms. The normalized spacial score (nSPS) is 12.7. The molecule has 7 heteroatoms. The fourth-order valence-corrected chi connectivity index (χ4v) is 2.86. The van der Waals surface area contributed by atoms with Crippen LogP contribution < -0.4 is 10.6 Å². The summed E-state index contributed by atoms with van der Waals surface area (Å²) in [6.07, 6.45) is 3.11. The molecule has 0 aliphatic rings. The second kappa shape index (κ2) is 8.19. The number of nitrogens with zero attached hydrogens (tertiary/aromatic N) is 3. The predicted octanol–water partition coefficient (Wildman–Crippen LogP) is 3.52. The van der Waals surface area contributed by atoms with Crippen molar-refractivity contribution in [2.45, 2.75) is 50.8 Å². The number of carbonyl (C=O) groups is 1. The van der Waals surface area contributed by atoms with E-state index in [1.165, 1.54) is 11.9 Å². The van der Waals surface area contributed by atoms with Crippen molar-refractivity contribution in [3.8, 4) is 0 Å². The zero-order chi connectivity index (χ0) is 17.6. The van der Waals surface area contributed by atoms with E-state index in [9.17, 15) is 4.79 Å². The van der Waals surface area contributed by atoms with Crippen LogP contribution in [0, 0.1) is 0 Å². The summed E-state index contributed by atoms with van der Waals surface area (Å²) in [5.74, 6) is 0.920. The number of urea groups is 1. The molecule has 1 aromatic carbocycles. The van der Waals surface area contributed by atoms with Gasteiger partial charge in [0.05, 0.1) is 6.54 Å². The molecule has 130 valence electrons. The summed E-state index contributed by atoms with van der Waals surface area (Å²) in [6.45, 7) is 9.10. The van der Waals surface area contributed by atoms with Crippen molar-refractivity contribution in [1.29, 1.82) is 0 Å². The third-order valence-electron chi connectivity index (χ3n) is 3.16. The molecule has 0 saturated heterocycles. The van der Waals surface area contributed by atoms with Crippen LogP contribution in [0.25, 0.3) is 0 Å². The van der Waals surface area contributed by atoms with Gasteiger partial charge < -0.3 is 10.6 Å². The van der Waals surface area contributed by atoms with E-state index in [2.05, 4.69) is 47.6 Å². The van der Waals surface area contributed by atoms with Gasteiger partial charge in [0.1, 0.15) is 12.7 Å². The number of anilines is 1. The van der Waals surface area contributed by atoms with Crippen molar-refractivity contribution < 1.29 is 4.79 Å². The number of carbonyl (C=O) groups excluding carboxylic acids is 1. The Bertz CT molecular complexity index is 651. The standard InChI is InChI=1S/C17H25N5OS/c1-13(9-22-12-18-11-19-22)20-16(23)21-15-7-5-6-14(8-15)10-24-17(2,3)4/h5-8,11-13H,9-10H2,1-4H3,(H2,20,21,23). The van der Waals surface area contributed by atoms with Gasteiger partial charge >= 0.3 is 6.03 Å². The number of nitrogens with one attached hydrogen (secondary N) is 2. The summed E-state index contributed by atoms with van der Waals surface area (Å²) < 4.78 is 1.91. The molecular weight excluding hydrogens is 322 g/mol. The molecule has 2 aromatic rings. The van der Waals surface area contributed by atoms with E-state index >= 15 is 0 Å². The lowest BCUT2D eigenvalue weighted by Gasteiger charge is -2.18. The second-order valence-electron chi connectivity index (χ2n) is 6.72. The molecular formula is C17H25N5OS. The molecule has 2 amide bonds. The van der Waals surface area contributed by atoms with Crippen LogP contribution in [0.5, 0.6) is 0 Å². The Kier molecular flexibility index (Phi) is 6.25. The highest BCUT2D eigenvalue weighted by Crippen LogP contribution is 2.27. The molecule has 2 rings (SSSR count). The van der Waals surface area contributed by atoms with Gasteiger partial charge in [0.2, 0.25) is 0 Å². The van der Waals surface area contributed by atoms with Crippen molar-refractivity contribution in [2.24, 2.45) is 0 Å². The molecule has 2 N–H and O–H groups in total. The molecule has 0 saturated carbocycles. The minimum Gasteiger partial charge on any atom is -0.334 e. The highest BCUT2D eigenvalue weighted by atomic mass is 32.2. The van der Waals surface area contributed by atoms with Crippen molar-refractivity contribution in [3.05, 3.63) is 42.5 Å². The lowest BCUT2D eigenvalue weighted by molar-refractivity contribution is 0.247. The first-order valence-corrected chi connectivity index (χ1v) is 8.93. The second-order valence-corrected chi connectivity index (χ2v) is 8.52. The Balaban J connectivity index is 1.84. The van der Waals surface area contributed by atoms with E-state index < -0.39 is 0 Å². The third-order valence-corrected chi connectivity index (χ3v) is 4.51. The first-order chi connectivity index (χ1) is 11.3. The number of hydrogen-bond acceptors (Lipinski definition) is 4. The molecule has 24 heavy (non-hydrogen) atoms. The summed E-state index contributed by atoms with van der Waals surface area (Å²) in [5.41, 5.74) is 2.00. The minimum atomic E-state index is -0.219. The number of benzene rings is 1. The van der Waals surface area contributed by atoms with Crippen molar-refractivity contribution in [1.82, 2.24) is 20.1 Å². The molecule has 1 heterocycles. The molecule has 0 fully saturated rings. The maximum atomic E-state index is 12.1. The van der Waals surface area contributed by atoms with Crippen molar-refractivity contribution in [3.63, 3.8) is 0 Å². The van der Waals surface area contributed by atoms with E-state index in [4.69, 9.17) is 0 Å². The zero-order valence-electron chi connectivity index (χ0n) is 14.6. The maximum Gasteiger partial charge on any atom is 0.319 e. The monoisotopic (exact) mass is 347 g/mol. The smallest absolute Gasteiger partial charge is 0.319 e. The van der Waals surface area contributed by atoms with Crippen LogP contribution >= 0.6 is 11.8 Å². The van der Waals surface area contributed by atoms with Gasteiger partial charge in [0, 0.05) is 22.2 Å². The lowest BCUT2D eigenvalue weighted by Crippen LogP contribution is -2.38. The van der Waals surface area contributed by atoms with Gasteiger partial charge in [-0.25, -0.2) is 9.78 Å². The van der Waals surface area contributed by atoms with Crippen LogP contribution in [0.1, 0.15) is 33.3 Å². The Morgan fingerprint density at radius 3 is 2.83 bits per heavy atom. The Labute approximate surface area is 147 Å². The third kappa shape index (κ3) is 6.62. The Morgan fingerprint density at radius 2 is 2.17 bits per heavy atom. The topological polar surface area (TPSA) is 71.8 Å². The van der Waals surface area contributed by atoms with Crippen LogP contribution in [0.4, 0.5) is 10.5 Å².